The third-order valence-electron chi connectivity index (χ3n) is 3.31. The number of benzene rings is 1. The van der Waals surface area contributed by atoms with E-state index < -0.39 is 0 Å². The van der Waals surface area contributed by atoms with Crippen molar-refractivity contribution in [3.63, 3.8) is 0 Å². The van der Waals surface area contributed by atoms with Gasteiger partial charge in [-0.05, 0) is 5.56 Å². The van der Waals surface area contributed by atoms with Crippen LogP contribution < -0.4 is 0 Å². The van der Waals surface area contributed by atoms with Crippen molar-refractivity contribution in [3.8, 4) is 0 Å². The van der Waals surface area contributed by atoms with Gasteiger partial charge in [0.25, 0.3) is 0 Å². The third-order valence-corrected chi connectivity index (χ3v) is 3.31. The van der Waals surface area contributed by atoms with Gasteiger partial charge in [0.2, 0.25) is 0 Å². The molecule has 3 nitrogen and oxygen atoms in total. The highest BCUT2D eigenvalue weighted by Gasteiger charge is 2.43. The molecule has 1 aromatic rings. The first-order chi connectivity index (χ1) is 8.84. The van der Waals surface area contributed by atoms with Crippen molar-refractivity contribution in [1.29, 1.82) is 0 Å². The fourth-order valence-electron chi connectivity index (χ4n) is 2.20. The molecule has 1 aromatic carbocycles. The molecular formula is C15H15NO2. The van der Waals surface area contributed by atoms with Crippen molar-refractivity contribution in [2.75, 3.05) is 6.54 Å². The van der Waals surface area contributed by atoms with Gasteiger partial charge in [-0.2, -0.15) is 0 Å². The minimum absolute atomic E-state index is 0.211. The summed E-state index contributed by atoms with van der Waals surface area (Å²) in [4.78, 5) is 13.6. The maximum Gasteiger partial charge on any atom is 0.410 e. The Bertz CT molecular complexity index is 480. The van der Waals surface area contributed by atoms with Gasteiger partial charge in [-0.15, -0.1) is 0 Å². The first kappa shape index (κ1) is 11.1. The lowest BCUT2D eigenvalue weighted by Gasteiger charge is -2.08. The molecule has 0 N–H and O–H groups in total. The fraction of sp³-hybridized carbons (Fsp3) is 0.267. The molecule has 1 amide bonds. The number of ether oxygens (including phenoxy) is 1. The zero-order valence-electron chi connectivity index (χ0n) is 10.0. The summed E-state index contributed by atoms with van der Waals surface area (Å²) in [6, 6.07) is 10.0. The number of hydrogen-bond donors (Lipinski definition) is 0. The lowest BCUT2D eigenvalue weighted by atomic mass is 10.1. The average molecular weight is 241 g/mol. The molecule has 1 aliphatic carbocycles. The van der Waals surface area contributed by atoms with Crippen LogP contribution >= 0.6 is 0 Å². The van der Waals surface area contributed by atoms with Crippen molar-refractivity contribution in [3.05, 3.63) is 60.2 Å². The molecule has 1 saturated heterocycles. The molecule has 2 aliphatic rings. The summed E-state index contributed by atoms with van der Waals surface area (Å²) >= 11 is 0. The van der Waals surface area contributed by atoms with Gasteiger partial charge in [0.15, 0.2) is 0 Å². The van der Waals surface area contributed by atoms with Crippen molar-refractivity contribution in [2.45, 2.75) is 12.6 Å². The van der Waals surface area contributed by atoms with Crippen LogP contribution in [0.25, 0.3) is 0 Å². The Morgan fingerprint density at radius 3 is 2.67 bits per heavy atom. The van der Waals surface area contributed by atoms with E-state index in [9.17, 15) is 4.79 Å². The van der Waals surface area contributed by atoms with E-state index in [0.717, 1.165) is 12.1 Å². The van der Waals surface area contributed by atoms with Gasteiger partial charge in [0.05, 0.1) is 6.04 Å². The average Bonchev–Trinajstić information content (AvgIpc) is 3.03. The van der Waals surface area contributed by atoms with Gasteiger partial charge in [0.1, 0.15) is 6.61 Å². The SMILES string of the molecule is O=C(OCc1ccccc1)N1C[C@H]1C1C=CC=C1. The summed E-state index contributed by atoms with van der Waals surface area (Å²) in [7, 11) is 0. The first-order valence-electron chi connectivity index (χ1n) is 6.17. The normalized spacial score (nSPS) is 21.3. The summed E-state index contributed by atoms with van der Waals surface area (Å²) < 4.78 is 5.28. The van der Waals surface area contributed by atoms with E-state index in [1.165, 1.54) is 0 Å². The van der Waals surface area contributed by atoms with Crippen LogP contribution in [0.5, 0.6) is 0 Å². The Hall–Kier alpha value is -2.03. The van der Waals surface area contributed by atoms with E-state index in [1.54, 1.807) is 4.90 Å². The molecule has 0 aromatic heterocycles. The molecule has 18 heavy (non-hydrogen) atoms. The molecule has 92 valence electrons. The van der Waals surface area contributed by atoms with Crippen LogP contribution in [0.4, 0.5) is 4.79 Å². The largest absolute Gasteiger partial charge is 0.445 e. The van der Waals surface area contributed by atoms with Gasteiger partial charge >= 0.3 is 6.09 Å². The summed E-state index contributed by atoms with van der Waals surface area (Å²) in [6.45, 7) is 1.15. The maximum atomic E-state index is 11.8. The quantitative estimate of drug-likeness (QED) is 0.761. The smallest absolute Gasteiger partial charge is 0.410 e. The van der Waals surface area contributed by atoms with E-state index in [-0.39, 0.29) is 6.09 Å². The lowest BCUT2D eigenvalue weighted by Crippen LogP contribution is -2.17. The number of nitrogens with zero attached hydrogens (tertiary/aromatic N) is 1. The summed E-state index contributed by atoms with van der Waals surface area (Å²) in [5.74, 6) is 0.370. The van der Waals surface area contributed by atoms with Gasteiger partial charge < -0.3 is 9.64 Å². The lowest BCUT2D eigenvalue weighted by molar-refractivity contribution is 0.121. The molecule has 1 fully saturated rings. The number of amides is 1. The van der Waals surface area contributed by atoms with E-state index in [0.29, 0.717) is 18.6 Å². The maximum absolute atomic E-state index is 11.8. The molecule has 1 aliphatic heterocycles. The highest BCUT2D eigenvalue weighted by molar-refractivity contribution is 5.71. The van der Waals surface area contributed by atoms with Gasteiger partial charge in [-0.3, -0.25) is 0 Å². The molecule has 0 spiro atoms. The Balaban J connectivity index is 1.49. The predicted octanol–water partition coefficient (Wildman–Crippen LogP) is 2.75. The topological polar surface area (TPSA) is 29.3 Å². The second-order valence-corrected chi connectivity index (χ2v) is 4.61. The van der Waals surface area contributed by atoms with Gasteiger partial charge in [-0.25, -0.2) is 4.79 Å². The molecule has 3 rings (SSSR count). The zero-order valence-corrected chi connectivity index (χ0v) is 10.0. The van der Waals surface area contributed by atoms with Crippen LogP contribution in [0.3, 0.4) is 0 Å². The number of hydrogen-bond acceptors (Lipinski definition) is 2. The summed E-state index contributed by atoms with van der Waals surface area (Å²) in [5, 5.41) is 0. The van der Waals surface area contributed by atoms with Gasteiger partial charge in [0, 0.05) is 12.5 Å². The molecule has 1 heterocycles. The molecule has 1 atom stereocenters. The Kier molecular flexibility index (Phi) is 2.89. The predicted molar refractivity (Wildman–Crippen MR) is 68.9 cm³/mol. The first-order valence-corrected chi connectivity index (χ1v) is 6.17. The summed E-state index contributed by atoms with van der Waals surface area (Å²) in [5.41, 5.74) is 1.02. The van der Waals surface area contributed by atoms with Crippen LogP contribution in [0, 0.1) is 5.92 Å². The monoisotopic (exact) mass is 241 g/mol. The van der Waals surface area contributed by atoms with E-state index in [1.807, 2.05) is 42.5 Å². The van der Waals surface area contributed by atoms with Crippen molar-refractivity contribution in [2.24, 2.45) is 5.92 Å². The van der Waals surface area contributed by atoms with E-state index >= 15 is 0 Å². The molecular weight excluding hydrogens is 226 g/mol. The zero-order chi connectivity index (χ0) is 12.4. The van der Waals surface area contributed by atoms with Crippen LogP contribution in [-0.2, 0) is 11.3 Å². The number of carbonyl (C=O) groups is 1. The van der Waals surface area contributed by atoms with Crippen LogP contribution in [-0.4, -0.2) is 23.6 Å². The minimum Gasteiger partial charge on any atom is -0.445 e. The second kappa shape index (κ2) is 4.69. The number of allylic oxidation sites excluding steroid dienone is 2. The number of carbonyl (C=O) groups excluding carboxylic acids is 1. The highest BCUT2D eigenvalue weighted by Crippen LogP contribution is 2.30. The van der Waals surface area contributed by atoms with E-state index in [2.05, 4.69) is 12.2 Å². The van der Waals surface area contributed by atoms with Crippen LogP contribution in [0.1, 0.15) is 5.56 Å². The Morgan fingerprint density at radius 2 is 1.94 bits per heavy atom. The number of rotatable bonds is 3. The van der Waals surface area contributed by atoms with E-state index in [4.69, 9.17) is 4.74 Å². The third kappa shape index (κ3) is 2.30. The molecule has 0 saturated carbocycles. The molecule has 0 unspecified atom stereocenters. The molecule has 0 radical (unpaired) electrons. The van der Waals surface area contributed by atoms with Crippen molar-refractivity contribution in [1.82, 2.24) is 4.90 Å². The van der Waals surface area contributed by atoms with Gasteiger partial charge in [-0.1, -0.05) is 54.6 Å². The Morgan fingerprint density at radius 1 is 1.22 bits per heavy atom. The summed E-state index contributed by atoms with van der Waals surface area (Å²) in [6.07, 6.45) is 8.08. The van der Waals surface area contributed by atoms with Crippen LogP contribution in [0.15, 0.2) is 54.6 Å². The molecule has 0 bridgehead atoms. The Labute approximate surface area is 106 Å². The van der Waals surface area contributed by atoms with Crippen molar-refractivity contribution < 1.29 is 9.53 Å². The fourth-order valence-corrected chi connectivity index (χ4v) is 2.20. The highest BCUT2D eigenvalue weighted by atomic mass is 16.6. The minimum atomic E-state index is -0.211. The second-order valence-electron chi connectivity index (χ2n) is 4.61. The molecule has 3 heteroatoms. The van der Waals surface area contributed by atoms with Crippen molar-refractivity contribution >= 4 is 6.09 Å². The standard InChI is InChI=1S/C15H15NO2/c17-15(18-11-12-6-2-1-3-7-12)16-10-14(16)13-8-4-5-9-13/h1-9,13-14H,10-11H2/t14-,16?/m0/s1. The van der Waals surface area contributed by atoms with Crippen LogP contribution in [0.2, 0.25) is 0 Å².